The molecule has 0 heterocycles. The van der Waals surface area contributed by atoms with Crippen LogP contribution in [0, 0.1) is 6.92 Å². The molecule has 0 saturated carbocycles. The number of hydrogen-bond donors (Lipinski definition) is 1. The summed E-state index contributed by atoms with van der Waals surface area (Å²) in [6, 6.07) is 7.94. The number of aryl methyl sites for hydroxylation is 1. The van der Waals surface area contributed by atoms with Crippen LogP contribution in [0.15, 0.2) is 36.4 Å². The van der Waals surface area contributed by atoms with Crippen LogP contribution >= 0.6 is 0 Å². The van der Waals surface area contributed by atoms with Crippen molar-refractivity contribution in [2.24, 2.45) is 0 Å². The maximum Gasteiger partial charge on any atom is 0.0826 e. The fourth-order valence-corrected chi connectivity index (χ4v) is 1.24. The summed E-state index contributed by atoms with van der Waals surface area (Å²) in [4.78, 5) is 0. The first-order valence-electron chi connectivity index (χ1n) is 4.48. The summed E-state index contributed by atoms with van der Waals surface area (Å²) in [5, 5.41) is 9.72. The highest BCUT2D eigenvalue weighted by Gasteiger charge is 2.06. The molecule has 0 aliphatic rings. The van der Waals surface area contributed by atoms with Gasteiger partial charge >= 0.3 is 0 Å². The summed E-state index contributed by atoms with van der Waals surface area (Å²) in [6.45, 7) is 7.74. The zero-order chi connectivity index (χ0) is 9.84. The lowest BCUT2D eigenvalue weighted by atomic mass is 10.0. The molecule has 0 radical (unpaired) electrons. The largest absolute Gasteiger partial charge is 0.388 e. The Bertz CT molecular complexity index is 284. The summed E-state index contributed by atoms with van der Waals surface area (Å²) >= 11 is 0. The molecule has 1 nitrogen and oxygen atoms in total. The molecule has 0 aliphatic heterocycles. The molecule has 0 saturated heterocycles. The van der Waals surface area contributed by atoms with Crippen molar-refractivity contribution in [1.29, 1.82) is 0 Å². The average Bonchev–Trinajstić information content (AvgIpc) is 2.04. The van der Waals surface area contributed by atoms with Crippen LogP contribution in [0.3, 0.4) is 0 Å². The van der Waals surface area contributed by atoms with E-state index < -0.39 is 6.10 Å². The number of aliphatic hydroxyl groups excluding tert-OH is 1. The van der Waals surface area contributed by atoms with Gasteiger partial charge in [0.15, 0.2) is 0 Å². The van der Waals surface area contributed by atoms with Crippen LogP contribution in [0.25, 0.3) is 0 Å². The molecule has 0 fully saturated rings. The van der Waals surface area contributed by atoms with E-state index in [4.69, 9.17) is 0 Å². The van der Waals surface area contributed by atoms with Gasteiger partial charge in [-0.15, -0.1) is 6.58 Å². The molecule has 1 N–H and O–H groups in total. The first kappa shape index (κ1) is 10.0. The van der Waals surface area contributed by atoms with Crippen LogP contribution < -0.4 is 0 Å². The van der Waals surface area contributed by atoms with Crippen molar-refractivity contribution in [3.05, 3.63) is 47.5 Å². The van der Waals surface area contributed by atoms with E-state index in [1.807, 2.05) is 38.1 Å². The third-order valence-electron chi connectivity index (χ3n) is 2.00. The Hall–Kier alpha value is -1.08. The second kappa shape index (κ2) is 4.24. The molecule has 0 aliphatic carbocycles. The third-order valence-corrected chi connectivity index (χ3v) is 2.00. The van der Waals surface area contributed by atoms with Gasteiger partial charge in [-0.2, -0.15) is 0 Å². The SMILES string of the molecule is C=C(C)C[C@H](O)c1ccc(C)cc1. The number of benzene rings is 1. The second-order valence-electron chi connectivity index (χ2n) is 3.59. The molecule has 1 rings (SSSR count). The van der Waals surface area contributed by atoms with Gasteiger partial charge in [-0.25, -0.2) is 0 Å². The van der Waals surface area contributed by atoms with Crippen molar-refractivity contribution in [2.75, 3.05) is 0 Å². The van der Waals surface area contributed by atoms with Crippen molar-refractivity contribution in [1.82, 2.24) is 0 Å². The zero-order valence-electron chi connectivity index (χ0n) is 8.25. The van der Waals surface area contributed by atoms with Gasteiger partial charge in [-0.1, -0.05) is 35.4 Å². The van der Waals surface area contributed by atoms with E-state index in [9.17, 15) is 5.11 Å². The number of aliphatic hydroxyl groups is 1. The predicted molar refractivity (Wildman–Crippen MR) is 55.6 cm³/mol. The minimum absolute atomic E-state index is 0.405. The average molecular weight is 176 g/mol. The Labute approximate surface area is 79.7 Å². The van der Waals surface area contributed by atoms with Crippen LogP contribution in [-0.4, -0.2) is 5.11 Å². The first-order valence-corrected chi connectivity index (χ1v) is 4.48. The van der Waals surface area contributed by atoms with Crippen LogP contribution in [-0.2, 0) is 0 Å². The smallest absolute Gasteiger partial charge is 0.0826 e. The van der Waals surface area contributed by atoms with Crippen molar-refractivity contribution in [3.8, 4) is 0 Å². The normalized spacial score (nSPS) is 12.5. The molecule has 0 unspecified atom stereocenters. The van der Waals surface area contributed by atoms with Crippen molar-refractivity contribution < 1.29 is 5.11 Å². The molecule has 13 heavy (non-hydrogen) atoms. The van der Waals surface area contributed by atoms with Gasteiger partial charge in [-0.3, -0.25) is 0 Å². The molecule has 70 valence electrons. The van der Waals surface area contributed by atoms with Crippen LogP contribution in [0.2, 0.25) is 0 Å². The van der Waals surface area contributed by atoms with Gasteiger partial charge in [0.25, 0.3) is 0 Å². The van der Waals surface area contributed by atoms with Crippen molar-refractivity contribution in [2.45, 2.75) is 26.4 Å². The lowest BCUT2D eigenvalue weighted by Gasteiger charge is -2.10. The van der Waals surface area contributed by atoms with Crippen molar-refractivity contribution in [3.63, 3.8) is 0 Å². The molecule has 0 amide bonds. The van der Waals surface area contributed by atoms with Gasteiger partial charge in [-0.05, 0) is 25.8 Å². The molecule has 1 atom stereocenters. The number of hydrogen-bond acceptors (Lipinski definition) is 1. The van der Waals surface area contributed by atoms with E-state index in [1.54, 1.807) is 0 Å². The Morgan fingerprint density at radius 3 is 2.38 bits per heavy atom. The minimum atomic E-state index is -0.405. The molecular formula is C12H16O. The maximum absolute atomic E-state index is 9.72. The van der Waals surface area contributed by atoms with E-state index in [1.165, 1.54) is 5.56 Å². The summed E-state index contributed by atoms with van der Waals surface area (Å²) in [6.07, 6.45) is 0.237. The molecule has 1 aromatic carbocycles. The summed E-state index contributed by atoms with van der Waals surface area (Å²) in [7, 11) is 0. The van der Waals surface area contributed by atoms with Crippen molar-refractivity contribution >= 4 is 0 Å². The van der Waals surface area contributed by atoms with E-state index in [2.05, 4.69) is 6.58 Å². The van der Waals surface area contributed by atoms with Gasteiger partial charge < -0.3 is 5.11 Å². The molecule has 0 spiro atoms. The lowest BCUT2D eigenvalue weighted by Crippen LogP contribution is -1.97. The van der Waals surface area contributed by atoms with E-state index in [0.717, 1.165) is 11.1 Å². The van der Waals surface area contributed by atoms with Crippen LogP contribution in [0.4, 0.5) is 0 Å². The monoisotopic (exact) mass is 176 g/mol. The fraction of sp³-hybridized carbons (Fsp3) is 0.333. The fourth-order valence-electron chi connectivity index (χ4n) is 1.24. The molecule has 1 heteroatoms. The number of rotatable bonds is 3. The Morgan fingerprint density at radius 1 is 1.38 bits per heavy atom. The Morgan fingerprint density at radius 2 is 1.92 bits per heavy atom. The zero-order valence-corrected chi connectivity index (χ0v) is 8.25. The van der Waals surface area contributed by atoms with Gasteiger partial charge in [0.2, 0.25) is 0 Å². The Kier molecular flexibility index (Phi) is 3.26. The van der Waals surface area contributed by atoms with E-state index in [-0.39, 0.29) is 0 Å². The highest BCUT2D eigenvalue weighted by Crippen LogP contribution is 2.19. The van der Waals surface area contributed by atoms with E-state index in [0.29, 0.717) is 6.42 Å². The van der Waals surface area contributed by atoms with Gasteiger partial charge in [0.1, 0.15) is 0 Å². The van der Waals surface area contributed by atoms with Crippen LogP contribution in [0.5, 0.6) is 0 Å². The predicted octanol–water partition coefficient (Wildman–Crippen LogP) is 2.99. The molecule has 0 bridgehead atoms. The summed E-state index contributed by atoms with van der Waals surface area (Å²) in [5.41, 5.74) is 3.19. The third kappa shape index (κ3) is 3.03. The molecule has 1 aromatic rings. The maximum atomic E-state index is 9.72. The second-order valence-corrected chi connectivity index (χ2v) is 3.59. The molecule has 0 aromatic heterocycles. The highest BCUT2D eigenvalue weighted by atomic mass is 16.3. The van der Waals surface area contributed by atoms with Crippen LogP contribution in [0.1, 0.15) is 30.6 Å². The summed E-state index contributed by atoms with van der Waals surface area (Å²) < 4.78 is 0. The van der Waals surface area contributed by atoms with Gasteiger partial charge in [0.05, 0.1) is 6.10 Å². The topological polar surface area (TPSA) is 20.2 Å². The molecular weight excluding hydrogens is 160 g/mol. The van der Waals surface area contributed by atoms with E-state index >= 15 is 0 Å². The standard InChI is InChI=1S/C12H16O/c1-9(2)8-12(13)11-6-4-10(3)5-7-11/h4-7,12-13H,1,8H2,2-3H3/t12-/m0/s1. The lowest BCUT2D eigenvalue weighted by molar-refractivity contribution is 0.178. The quantitative estimate of drug-likeness (QED) is 0.702. The minimum Gasteiger partial charge on any atom is -0.388 e. The summed E-state index contributed by atoms with van der Waals surface area (Å²) in [5.74, 6) is 0. The first-order chi connectivity index (χ1) is 6.09. The Balaban J connectivity index is 2.71. The highest BCUT2D eigenvalue weighted by molar-refractivity contribution is 5.23. The van der Waals surface area contributed by atoms with Gasteiger partial charge in [0, 0.05) is 0 Å².